The van der Waals surface area contributed by atoms with Gasteiger partial charge in [0, 0.05) is 0 Å². The first-order valence-electron chi connectivity index (χ1n) is 9.49. The van der Waals surface area contributed by atoms with Gasteiger partial charge >= 0.3 is 11.9 Å². The summed E-state index contributed by atoms with van der Waals surface area (Å²) in [6.45, 7) is 3.86. The second kappa shape index (κ2) is 9.06. The van der Waals surface area contributed by atoms with Crippen molar-refractivity contribution in [2.24, 2.45) is 0 Å². The van der Waals surface area contributed by atoms with Gasteiger partial charge in [0.1, 0.15) is 0 Å². The third-order valence-corrected chi connectivity index (χ3v) is 4.48. The number of esters is 2. The summed E-state index contributed by atoms with van der Waals surface area (Å²) < 4.78 is 10.3. The van der Waals surface area contributed by atoms with Crippen LogP contribution in [0.25, 0.3) is 23.3 Å². The number of hydrogen-bond acceptors (Lipinski definition) is 5. The lowest BCUT2D eigenvalue weighted by molar-refractivity contribution is 0.0525. The average Bonchev–Trinajstić information content (AvgIpc) is 2.84. The molecule has 5 nitrogen and oxygen atoms in total. The van der Waals surface area contributed by atoms with Crippen molar-refractivity contribution in [3.8, 4) is 11.1 Å². The number of rotatable bonds is 6. The van der Waals surface area contributed by atoms with Crippen LogP contribution in [0.2, 0.25) is 0 Å². The van der Waals surface area contributed by atoms with Crippen molar-refractivity contribution in [3.63, 3.8) is 0 Å². The van der Waals surface area contributed by atoms with Gasteiger partial charge in [-0.15, -0.1) is 0 Å². The quantitative estimate of drug-likeness (QED) is 0.607. The van der Waals surface area contributed by atoms with Crippen molar-refractivity contribution in [1.82, 2.24) is 0 Å². The number of carbonyl (C=O) groups excluding carboxylic acids is 2. The molecular weight excluding hydrogens is 366 g/mol. The zero-order valence-corrected chi connectivity index (χ0v) is 16.5. The molecule has 0 fully saturated rings. The van der Waals surface area contributed by atoms with Crippen molar-refractivity contribution >= 4 is 29.8 Å². The molecule has 29 heavy (non-hydrogen) atoms. The fourth-order valence-electron chi connectivity index (χ4n) is 3.16. The highest BCUT2D eigenvalue weighted by Gasteiger charge is 2.30. The molecule has 0 spiro atoms. The van der Waals surface area contributed by atoms with Gasteiger partial charge in [0.15, 0.2) is 0 Å². The summed E-state index contributed by atoms with van der Waals surface area (Å²) in [4.78, 5) is 25.0. The van der Waals surface area contributed by atoms with Crippen molar-refractivity contribution in [2.45, 2.75) is 13.8 Å². The fourth-order valence-corrected chi connectivity index (χ4v) is 3.16. The molecule has 0 atom stereocenters. The van der Waals surface area contributed by atoms with E-state index in [1.54, 1.807) is 26.0 Å². The van der Waals surface area contributed by atoms with E-state index in [1.165, 1.54) is 0 Å². The molecule has 2 N–H and O–H groups in total. The van der Waals surface area contributed by atoms with E-state index in [4.69, 9.17) is 15.2 Å². The highest BCUT2D eigenvalue weighted by molar-refractivity contribution is 6.15. The minimum Gasteiger partial charge on any atom is -0.462 e. The van der Waals surface area contributed by atoms with E-state index in [2.05, 4.69) is 0 Å². The first kappa shape index (κ1) is 20.1. The zero-order valence-electron chi connectivity index (χ0n) is 16.5. The maximum absolute atomic E-state index is 12.5. The van der Waals surface area contributed by atoms with Crippen LogP contribution < -0.4 is 5.73 Å². The van der Waals surface area contributed by atoms with E-state index in [0.717, 1.165) is 11.1 Å². The molecule has 0 radical (unpaired) electrons. The summed E-state index contributed by atoms with van der Waals surface area (Å²) in [5, 5.41) is 0. The predicted octanol–water partition coefficient (Wildman–Crippen LogP) is 4.90. The van der Waals surface area contributed by atoms with Gasteiger partial charge in [-0.2, -0.15) is 0 Å². The molecule has 5 heteroatoms. The van der Waals surface area contributed by atoms with Crippen LogP contribution in [0.4, 0.5) is 5.69 Å². The largest absolute Gasteiger partial charge is 0.462 e. The van der Waals surface area contributed by atoms with Gasteiger partial charge in [-0.25, -0.2) is 9.59 Å². The number of anilines is 1. The maximum atomic E-state index is 12.5. The molecule has 3 rings (SSSR count). The molecule has 0 bridgehead atoms. The third-order valence-electron chi connectivity index (χ3n) is 4.48. The second-order valence-electron chi connectivity index (χ2n) is 6.34. The fraction of sp³-hybridized carbons (Fsp3) is 0.167. The SMILES string of the molecule is CCOC(=O)c1c2ccc(/C=C/c3ccccc3)ccc-2c(C(=O)OCC)c1N. The lowest BCUT2D eigenvalue weighted by Gasteiger charge is -2.03. The highest BCUT2D eigenvalue weighted by atomic mass is 16.5. The minimum atomic E-state index is -0.557. The summed E-state index contributed by atoms with van der Waals surface area (Å²) >= 11 is 0. The Morgan fingerprint density at radius 3 is 1.66 bits per heavy atom. The molecule has 0 aromatic heterocycles. The Hall–Kier alpha value is -3.60. The summed E-state index contributed by atoms with van der Waals surface area (Å²) in [5.41, 5.74) is 9.75. The molecule has 2 aliphatic rings. The third kappa shape index (κ3) is 4.29. The molecular formula is C24H23NO4. The van der Waals surface area contributed by atoms with Crippen LogP contribution in [0.5, 0.6) is 0 Å². The van der Waals surface area contributed by atoms with E-state index < -0.39 is 11.9 Å². The summed E-state index contributed by atoms with van der Waals surface area (Å²) in [7, 11) is 0. The van der Waals surface area contributed by atoms with Crippen molar-refractivity contribution in [1.29, 1.82) is 0 Å². The van der Waals surface area contributed by atoms with E-state index >= 15 is 0 Å². The lowest BCUT2D eigenvalue weighted by atomic mass is 10.1. The predicted molar refractivity (Wildman–Crippen MR) is 115 cm³/mol. The number of nitrogens with two attached hydrogens (primary N) is 1. The monoisotopic (exact) mass is 389 g/mol. The minimum absolute atomic E-state index is 0.0875. The van der Waals surface area contributed by atoms with Gasteiger partial charge in [-0.3, -0.25) is 0 Å². The summed E-state index contributed by atoms with van der Waals surface area (Å²) in [6.07, 6.45) is 3.96. The van der Waals surface area contributed by atoms with Gasteiger partial charge in [-0.05, 0) is 36.1 Å². The van der Waals surface area contributed by atoms with Crippen LogP contribution >= 0.6 is 0 Å². The summed E-state index contributed by atoms with van der Waals surface area (Å²) in [6, 6.07) is 17.2. The molecule has 148 valence electrons. The van der Waals surface area contributed by atoms with Crippen molar-refractivity contribution in [3.05, 3.63) is 76.9 Å². The molecule has 1 aromatic carbocycles. The van der Waals surface area contributed by atoms with Gasteiger partial charge in [0.05, 0.1) is 30.0 Å². The van der Waals surface area contributed by atoms with Crippen LogP contribution in [0.15, 0.2) is 54.6 Å². The van der Waals surface area contributed by atoms with Crippen LogP contribution in [-0.2, 0) is 9.47 Å². The van der Waals surface area contributed by atoms with Crippen LogP contribution in [0, 0.1) is 0 Å². The maximum Gasteiger partial charge on any atom is 0.340 e. The normalized spacial score (nSPS) is 11.0. The smallest absolute Gasteiger partial charge is 0.340 e. The van der Waals surface area contributed by atoms with Gasteiger partial charge in [0.2, 0.25) is 0 Å². The number of fused-ring (bicyclic) bond motifs is 1. The molecule has 0 saturated heterocycles. The Bertz CT molecular complexity index is 969. The number of carbonyl (C=O) groups is 2. The molecule has 0 amide bonds. The Morgan fingerprint density at radius 1 is 0.759 bits per heavy atom. The topological polar surface area (TPSA) is 78.6 Å². The van der Waals surface area contributed by atoms with Crippen LogP contribution in [-0.4, -0.2) is 25.2 Å². The van der Waals surface area contributed by atoms with Gasteiger partial charge in [-0.1, -0.05) is 66.7 Å². The number of hydrogen-bond donors (Lipinski definition) is 1. The van der Waals surface area contributed by atoms with Crippen LogP contribution in [0.3, 0.4) is 0 Å². The highest BCUT2D eigenvalue weighted by Crippen LogP contribution is 2.39. The second-order valence-corrected chi connectivity index (χ2v) is 6.34. The Kier molecular flexibility index (Phi) is 6.29. The number of benzene rings is 1. The average molecular weight is 389 g/mol. The van der Waals surface area contributed by atoms with Crippen molar-refractivity contribution in [2.75, 3.05) is 18.9 Å². The first-order valence-corrected chi connectivity index (χ1v) is 9.49. The van der Waals surface area contributed by atoms with Crippen LogP contribution in [0.1, 0.15) is 45.7 Å². The first-order chi connectivity index (χ1) is 14.1. The van der Waals surface area contributed by atoms with E-state index in [-0.39, 0.29) is 30.0 Å². The standard InChI is InChI=1S/C24H23NO4/c1-3-28-23(26)20-18-14-12-17(11-10-16-8-6-5-7-9-16)13-15-19(18)21(22(20)25)24(27)29-4-2/h5-15H,3-4,25H2,1-2H3/b11-10+. The van der Waals surface area contributed by atoms with E-state index in [9.17, 15) is 9.59 Å². The zero-order chi connectivity index (χ0) is 20.8. The molecule has 0 aliphatic heterocycles. The van der Waals surface area contributed by atoms with Crippen molar-refractivity contribution < 1.29 is 19.1 Å². The van der Waals surface area contributed by atoms with Gasteiger partial charge < -0.3 is 15.2 Å². The Balaban J connectivity index is 2.11. The number of nitrogen functional groups attached to an aromatic ring is 1. The molecule has 0 unspecified atom stereocenters. The Morgan fingerprint density at radius 2 is 1.21 bits per heavy atom. The molecule has 1 aromatic rings. The Labute approximate surface area is 170 Å². The molecule has 0 saturated carbocycles. The molecule has 0 heterocycles. The van der Waals surface area contributed by atoms with E-state index in [0.29, 0.717) is 11.1 Å². The molecule has 2 aliphatic carbocycles. The van der Waals surface area contributed by atoms with E-state index in [1.807, 2.05) is 54.6 Å². The van der Waals surface area contributed by atoms with Gasteiger partial charge in [0.25, 0.3) is 0 Å². The lowest BCUT2D eigenvalue weighted by Crippen LogP contribution is -2.09. The number of ether oxygens (including phenoxy) is 2. The summed E-state index contributed by atoms with van der Waals surface area (Å²) in [5.74, 6) is -1.11.